The predicted octanol–water partition coefficient (Wildman–Crippen LogP) is 2.67. The standard InChI is InChI=1S/C6H9N3.2C2H6/c1-2-5-6(7)9-4-3-8-5;2*1-2/h3-4H,2H2,1H3,(H2,7,9);2*1-2H3. The highest BCUT2D eigenvalue weighted by Crippen LogP contribution is 2.01. The van der Waals surface area contributed by atoms with Gasteiger partial charge in [-0.1, -0.05) is 34.6 Å². The van der Waals surface area contributed by atoms with Gasteiger partial charge >= 0.3 is 0 Å². The third-order valence-corrected chi connectivity index (χ3v) is 1.14. The number of nitrogens with zero attached hydrogens (tertiary/aromatic N) is 2. The third-order valence-electron chi connectivity index (χ3n) is 1.14. The molecule has 0 fully saturated rings. The zero-order chi connectivity index (χ0) is 10.7. The average Bonchev–Trinajstić information content (AvgIpc) is 2.24. The predicted molar refractivity (Wildman–Crippen MR) is 58.5 cm³/mol. The zero-order valence-electron chi connectivity index (χ0n) is 9.33. The van der Waals surface area contributed by atoms with Gasteiger partial charge in [-0.05, 0) is 6.42 Å². The van der Waals surface area contributed by atoms with E-state index < -0.39 is 0 Å². The van der Waals surface area contributed by atoms with E-state index in [4.69, 9.17) is 5.73 Å². The van der Waals surface area contributed by atoms with E-state index in [9.17, 15) is 0 Å². The fourth-order valence-corrected chi connectivity index (χ4v) is 0.650. The second kappa shape index (κ2) is 10.9. The molecule has 0 aromatic carbocycles. The molecule has 0 spiro atoms. The van der Waals surface area contributed by atoms with Crippen molar-refractivity contribution in [1.29, 1.82) is 0 Å². The Morgan fingerprint density at radius 1 is 1.08 bits per heavy atom. The van der Waals surface area contributed by atoms with Crippen molar-refractivity contribution in [3.05, 3.63) is 18.1 Å². The molecule has 1 rings (SSSR count). The smallest absolute Gasteiger partial charge is 0.145 e. The van der Waals surface area contributed by atoms with Gasteiger partial charge in [-0.3, -0.25) is 4.98 Å². The van der Waals surface area contributed by atoms with E-state index in [0.29, 0.717) is 5.82 Å². The number of aryl methyl sites for hydroxylation is 1. The Hall–Kier alpha value is -1.12. The van der Waals surface area contributed by atoms with Gasteiger partial charge in [0.05, 0.1) is 5.69 Å². The molecule has 0 saturated heterocycles. The average molecular weight is 183 g/mol. The summed E-state index contributed by atoms with van der Waals surface area (Å²) in [5, 5.41) is 0. The van der Waals surface area contributed by atoms with Gasteiger partial charge in [0.15, 0.2) is 0 Å². The molecule has 0 atom stereocenters. The Morgan fingerprint density at radius 2 is 1.54 bits per heavy atom. The molecule has 0 saturated carbocycles. The molecular weight excluding hydrogens is 162 g/mol. The van der Waals surface area contributed by atoms with Crippen LogP contribution in [0.1, 0.15) is 40.3 Å². The van der Waals surface area contributed by atoms with Crippen LogP contribution in [0.4, 0.5) is 5.82 Å². The van der Waals surface area contributed by atoms with Crippen LogP contribution in [-0.2, 0) is 6.42 Å². The molecule has 1 aromatic heterocycles. The molecule has 0 bridgehead atoms. The minimum absolute atomic E-state index is 0.542. The lowest BCUT2D eigenvalue weighted by molar-refractivity contribution is 1.01. The number of hydrogen-bond donors (Lipinski definition) is 1. The second-order valence-corrected chi connectivity index (χ2v) is 1.74. The molecule has 1 heterocycles. The molecule has 2 N–H and O–H groups in total. The maximum Gasteiger partial charge on any atom is 0.145 e. The van der Waals surface area contributed by atoms with E-state index in [1.807, 2.05) is 34.6 Å². The highest BCUT2D eigenvalue weighted by atomic mass is 14.9. The van der Waals surface area contributed by atoms with Crippen molar-refractivity contribution < 1.29 is 0 Å². The maximum absolute atomic E-state index is 5.46. The van der Waals surface area contributed by atoms with E-state index in [0.717, 1.165) is 12.1 Å². The van der Waals surface area contributed by atoms with Crippen molar-refractivity contribution in [2.75, 3.05) is 5.73 Å². The van der Waals surface area contributed by atoms with Gasteiger partial charge in [0.25, 0.3) is 0 Å². The molecule has 0 aliphatic rings. The molecule has 3 heteroatoms. The number of nitrogens with two attached hydrogens (primary N) is 1. The summed E-state index contributed by atoms with van der Waals surface area (Å²) in [5.41, 5.74) is 6.33. The summed E-state index contributed by atoms with van der Waals surface area (Å²) in [5.74, 6) is 0.542. The van der Waals surface area contributed by atoms with Gasteiger partial charge in [-0.15, -0.1) is 0 Å². The summed E-state index contributed by atoms with van der Waals surface area (Å²) in [4.78, 5) is 7.87. The molecule has 0 aliphatic heterocycles. The minimum Gasteiger partial charge on any atom is -0.382 e. The van der Waals surface area contributed by atoms with Crippen LogP contribution in [0.25, 0.3) is 0 Å². The summed E-state index contributed by atoms with van der Waals surface area (Å²) >= 11 is 0. The van der Waals surface area contributed by atoms with Gasteiger partial charge in [0, 0.05) is 12.4 Å². The van der Waals surface area contributed by atoms with Crippen molar-refractivity contribution in [3.63, 3.8) is 0 Å². The Kier molecular flexibility index (Phi) is 12.1. The first kappa shape index (κ1) is 14.4. The van der Waals surface area contributed by atoms with Crippen LogP contribution in [-0.4, -0.2) is 9.97 Å². The van der Waals surface area contributed by atoms with E-state index in [1.54, 1.807) is 12.4 Å². The normalized spacial score (nSPS) is 7.46. The summed E-state index contributed by atoms with van der Waals surface area (Å²) in [7, 11) is 0. The number of nitrogen functional groups attached to an aromatic ring is 1. The fraction of sp³-hybridized carbons (Fsp3) is 0.600. The number of anilines is 1. The van der Waals surface area contributed by atoms with Gasteiger partial charge in [-0.25, -0.2) is 4.98 Å². The molecule has 3 nitrogen and oxygen atoms in total. The molecule has 1 aromatic rings. The van der Waals surface area contributed by atoms with Crippen LogP contribution >= 0.6 is 0 Å². The summed E-state index contributed by atoms with van der Waals surface area (Å²) in [6.45, 7) is 10.0. The second-order valence-electron chi connectivity index (χ2n) is 1.74. The molecule has 0 radical (unpaired) electrons. The van der Waals surface area contributed by atoms with Crippen LogP contribution in [0.3, 0.4) is 0 Å². The van der Waals surface area contributed by atoms with Crippen molar-refractivity contribution in [2.24, 2.45) is 0 Å². The van der Waals surface area contributed by atoms with E-state index >= 15 is 0 Å². The van der Waals surface area contributed by atoms with Crippen molar-refractivity contribution in [1.82, 2.24) is 9.97 Å². The van der Waals surface area contributed by atoms with E-state index in [2.05, 4.69) is 9.97 Å². The van der Waals surface area contributed by atoms with Crippen molar-refractivity contribution >= 4 is 5.82 Å². The summed E-state index contributed by atoms with van der Waals surface area (Å²) in [6.07, 6.45) is 4.09. The quantitative estimate of drug-likeness (QED) is 0.728. The first-order chi connectivity index (χ1) is 6.34. The largest absolute Gasteiger partial charge is 0.382 e. The van der Waals surface area contributed by atoms with Gasteiger partial charge < -0.3 is 5.73 Å². The van der Waals surface area contributed by atoms with Crippen molar-refractivity contribution in [3.8, 4) is 0 Å². The first-order valence-corrected chi connectivity index (χ1v) is 4.90. The molecule has 0 amide bonds. The van der Waals surface area contributed by atoms with Crippen LogP contribution in [0.5, 0.6) is 0 Å². The Morgan fingerprint density at radius 3 is 1.85 bits per heavy atom. The minimum atomic E-state index is 0.542. The summed E-state index contributed by atoms with van der Waals surface area (Å²) in [6, 6.07) is 0. The van der Waals surface area contributed by atoms with E-state index in [1.165, 1.54) is 0 Å². The maximum atomic E-state index is 5.46. The van der Waals surface area contributed by atoms with Gasteiger partial charge in [0.2, 0.25) is 0 Å². The van der Waals surface area contributed by atoms with E-state index in [-0.39, 0.29) is 0 Å². The Balaban J connectivity index is 0. The monoisotopic (exact) mass is 183 g/mol. The molecule has 0 aliphatic carbocycles. The topological polar surface area (TPSA) is 51.8 Å². The third kappa shape index (κ3) is 6.08. The lowest BCUT2D eigenvalue weighted by atomic mass is 10.3. The SMILES string of the molecule is CC.CC.CCc1nccnc1N. The molecule has 0 unspecified atom stereocenters. The number of rotatable bonds is 1. The van der Waals surface area contributed by atoms with Crippen LogP contribution in [0.2, 0.25) is 0 Å². The Bertz CT molecular complexity index is 199. The van der Waals surface area contributed by atoms with Crippen LogP contribution < -0.4 is 5.73 Å². The Labute approximate surface area is 81.4 Å². The van der Waals surface area contributed by atoms with Gasteiger partial charge in [0.1, 0.15) is 5.82 Å². The first-order valence-electron chi connectivity index (χ1n) is 4.90. The van der Waals surface area contributed by atoms with Crippen LogP contribution in [0, 0.1) is 0 Å². The van der Waals surface area contributed by atoms with Crippen molar-refractivity contribution in [2.45, 2.75) is 41.0 Å². The highest BCUT2D eigenvalue weighted by Gasteiger charge is 1.93. The van der Waals surface area contributed by atoms with Gasteiger partial charge in [-0.2, -0.15) is 0 Å². The summed E-state index contributed by atoms with van der Waals surface area (Å²) < 4.78 is 0. The van der Waals surface area contributed by atoms with Crippen LogP contribution in [0.15, 0.2) is 12.4 Å². The fourth-order valence-electron chi connectivity index (χ4n) is 0.650. The number of hydrogen-bond acceptors (Lipinski definition) is 3. The molecular formula is C10H21N3. The molecule has 13 heavy (non-hydrogen) atoms. The molecule has 76 valence electrons. The number of aromatic nitrogens is 2. The lowest BCUT2D eigenvalue weighted by Crippen LogP contribution is -1.97. The lowest BCUT2D eigenvalue weighted by Gasteiger charge is -1.96. The zero-order valence-corrected chi connectivity index (χ0v) is 9.33. The highest BCUT2D eigenvalue weighted by molar-refractivity contribution is 5.32.